The Kier molecular flexibility index (Phi) is 3.34. The Labute approximate surface area is 103 Å². The number of nitrogens with one attached hydrogen (secondary N) is 1. The van der Waals surface area contributed by atoms with Crippen LogP contribution in [0.25, 0.3) is 0 Å². The summed E-state index contributed by atoms with van der Waals surface area (Å²) < 4.78 is 0. The molecule has 0 aromatic carbocycles. The van der Waals surface area contributed by atoms with Crippen molar-refractivity contribution in [3.05, 3.63) is 42.0 Å². The van der Waals surface area contributed by atoms with Gasteiger partial charge in [0.1, 0.15) is 22.2 Å². The largest absolute Gasteiger partial charge is 0.384 e. The van der Waals surface area contributed by atoms with Crippen molar-refractivity contribution in [1.29, 1.82) is 5.41 Å². The van der Waals surface area contributed by atoms with Crippen LogP contribution >= 0.6 is 11.8 Å². The highest BCUT2D eigenvalue weighted by Crippen LogP contribution is 2.26. The van der Waals surface area contributed by atoms with Crippen LogP contribution in [0.2, 0.25) is 0 Å². The van der Waals surface area contributed by atoms with Gasteiger partial charge in [0.15, 0.2) is 0 Å². The molecule has 0 aliphatic heterocycles. The van der Waals surface area contributed by atoms with Crippen LogP contribution in [-0.2, 0) is 0 Å². The van der Waals surface area contributed by atoms with Crippen LogP contribution in [0.1, 0.15) is 11.3 Å². The van der Waals surface area contributed by atoms with Gasteiger partial charge < -0.3 is 5.73 Å². The van der Waals surface area contributed by atoms with Crippen molar-refractivity contribution >= 4 is 17.6 Å². The number of aryl methyl sites for hydroxylation is 1. The molecule has 0 aliphatic rings. The van der Waals surface area contributed by atoms with Gasteiger partial charge in [-0.2, -0.15) is 0 Å². The van der Waals surface area contributed by atoms with Gasteiger partial charge in [0.2, 0.25) is 0 Å². The van der Waals surface area contributed by atoms with Crippen LogP contribution < -0.4 is 5.73 Å². The third-order valence-electron chi connectivity index (χ3n) is 2.05. The molecule has 0 unspecified atom stereocenters. The van der Waals surface area contributed by atoms with Crippen molar-refractivity contribution in [3.8, 4) is 0 Å². The van der Waals surface area contributed by atoms with Crippen LogP contribution in [0.4, 0.5) is 0 Å². The molecular formula is C11H11N5S. The molecule has 0 fully saturated rings. The highest BCUT2D eigenvalue weighted by molar-refractivity contribution is 7.99. The summed E-state index contributed by atoms with van der Waals surface area (Å²) in [6.45, 7) is 1.90. The second-order valence-electron chi connectivity index (χ2n) is 3.37. The average Bonchev–Trinajstić information content (AvgIpc) is 2.30. The number of nitrogens with zero attached hydrogens (tertiary/aromatic N) is 3. The van der Waals surface area contributed by atoms with Gasteiger partial charge in [-0.05, 0) is 36.9 Å². The summed E-state index contributed by atoms with van der Waals surface area (Å²) in [7, 11) is 0. The van der Waals surface area contributed by atoms with E-state index >= 15 is 0 Å². The van der Waals surface area contributed by atoms with E-state index in [-0.39, 0.29) is 5.84 Å². The number of amidine groups is 1. The number of pyridine rings is 1. The molecule has 17 heavy (non-hydrogen) atoms. The van der Waals surface area contributed by atoms with Gasteiger partial charge in [0, 0.05) is 17.5 Å². The minimum atomic E-state index is 0.00839. The van der Waals surface area contributed by atoms with Gasteiger partial charge in [0.25, 0.3) is 0 Å². The maximum atomic E-state index is 7.50. The van der Waals surface area contributed by atoms with E-state index in [9.17, 15) is 0 Å². The molecule has 5 nitrogen and oxygen atoms in total. The molecule has 2 heterocycles. The Morgan fingerprint density at radius 3 is 2.82 bits per heavy atom. The molecule has 0 bridgehead atoms. The third kappa shape index (κ3) is 2.79. The van der Waals surface area contributed by atoms with Crippen LogP contribution in [0.15, 0.2) is 40.8 Å². The molecule has 0 saturated carbocycles. The molecule has 3 N–H and O–H groups in total. The van der Waals surface area contributed by atoms with E-state index in [1.54, 1.807) is 18.3 Å². The zero-order chi connectivity index (χ0) is 12.3. The summed E-state index contributed by atoms with van der Waals surface area (Å²) in [5.41, 5.74) is 7.02. The quantitative estimate of drug-likeness (QED) is 0.487. The standard InChI is InChI=1S/C11H11N5S/c1-7-2-3-8(10(12)13)11(16-7)17-9-4-5-14-6-15-9/h2-6H,1H3,(H3,12,13). The molecule has 86 valence electrons. The highest BCUT2D eigenvalue weighted by atomic mass is 32.2. The summed E-state index contributed by atoms with van der Waals surface area (Å²) in [4.78, 5) is 12.3. The van der Waals surface area contributed by atoms with E-state index in [1.165, 1.54) is 18.1 Å². The van der Waals surface area contributed by atoms with Crippen LogP contribution in [0.3, 0.4) is 0 Å². The van der Waals surface area contributed by atoms with Crippen LogP contribution in [0.5, 0.6) is 0 Å². The molecule has 2 rings (SSSR count). The Morgan fingerprint density at radius 1 is 1.35 bits per heavy atom. The van der Waals surface area contributed by atoms with Crippen molar-refractivity contribution in [3.63, 3.8) is 0 Å². The Balaban J connectivity index is 2.37. The zero-order valence-electron chi connectivity index (χ0n) is 9.21. The number of aromatic nitrogens is 3. The molecule has 2 aromatic rings. The number of rotatable bonds is 3. The predicted octanol–water partition coefficient (Wildman–Crippen LogP) is 1.62. The number of hydrogen-bond donors (Lipinski definition) is 2. The second kappa shape index (κ2) is 4.92. The van der Waals surface area contributed by atoms with Crippen molar-refractivity contribution < 1.29 is 0 Å². The van der Waals surface area contributed by atoms with E-state index in [0.717, 1.165) is 10.7 Å². The fraction of sp³-hybridized carbons (Fsp3) is 0.0909. The predicted molar refractivity (Wildman–Crippen MR) is 66.1 cm³/mol. The first-order chi connectivity index (χ1) is 8.16. The summed E-state index contributed by atoms with van der Waals surface area (Å²) >= 11 is 1.37. The Bertz CT molecular complexity index is 541. The van der Waals surface area contributed by atoms with E-state index in [1.807, 2.05) is 13.0 Å². The summed E-state index contributed by atoms with van der Waals surface area (Å²) in [6, 6.07) is 5.42. The van der Waals surface area contributed by atoms with Crippen LogP contribution in [-0.4, -0.2) is 20.8 Å². The zero-order valence-corrected chi connectivity index (χ0v) is 10.0. The van der Waals surface area contributed by atoms with Gasteiger partial charge >= 0.3 is 0 Å². The number of nitrogen functional groups attached to an aromatic ring is 1. The van der Waals surface area contributed by atoms with Gasteiger partial charge in [-0.25, -0.2) is 15.0 Å². The van der Waals surface area contributed by atoms with Gasteiger partial charge in [-0.3, -0.25) is 5.41 Å². The molecule has 2 aromatic heterocycles. The first-order valence-corrected chi connectivity index (χ1v) is 5.74. The van der Waals surface area contributed by atoms with E-state index < -0.39 is 0 Å². The van der Waals surface area contributed by atoms with E-state index in [2.05, 4.69) is 15.0 Å². The lowest BCUT2D eigenvalue weighted by Gasteiger charge is -2.06. The Morgan fingerprint density at radius 2 is 2.18 bits per heavy atom. The van der Waals surface area contributed by atoms with Gasteiger partial charge in [-0.15, -0.1) is 0 Å². The van der Waals surface area contributed by atoms with Crippen LogP contribution in [0, 0.1) is 12.3 Å². The minimum absolute atomic E-state index is 0.00839. The summed E-state index contributed by atoms with van der Waals surface area (Å²) in [5.74, 6) is 0.00839. The molecule has 0 radical (unpaired) electrons. The van der Waals surface area contributed by atoms with E-state index in [4.69, 9.17) is 11.1 Å². The average molecular weight is 245 g/mol. The van der Waals surface area contributed by atoms with Crippen molar-refractivity contribution in [1.82, 2.24) is 15.0 Å². The van der Waals surface area contributed by atoms with Crippen molar-refractivity contribution in [2.45, 2.75) is 17.0 Å². The van der Waals surface area contributed by atoms with Gasteiger partial charge in [-0.1, -0.05) is 0 Å². The molecule has 0 saturated heterocycles. The van der Waals surface area contributed by atoms with Crippen molar-refractivity contribution in [2.75, 3.05) is 0 Å². The molecule has 6 heteroatoms. The topological polar surface area (TPSA) is 88.5 Å². The lowest BCUT2D eigenvalue weighted by Crippen LogP contribution is -2.13. The smallest absolute Gasteiger partial charge is 0.125 e. The van der Waals surface area contributed by atoms with E-state index in [0.29, 0.717) is 10.6 Å². The summed E-state index contributed by atoms with van der Waals surface area (Å²) in [5, 5.41) is 8.97. The molecule has 0 amide bonds. The molecule has 0 spiro atoms. The lowest BCUT2D eigenvalue weighted by molar-refractivity contribution is 1.02. The minimum Gasteiger partial charge on any atom is -0.384 e. The highest BCUT2D eigenvalue weighted by Gasteiger charge is 2.09. The second-order valence-corrected chi connectivity index (χ2v) is 4.38. The number of hydrogen-bond acceptors (Lipinski definition) is 5. The third-order valence-corrected chi connectivity index (χ3v) is 3.00. The normalized spacial score (nSPS) is 10.2. The SMILES string of the molecule is Cc1ccc(C(=N)N)c(Sc2ccncn2)n1. The van der Waals surface area contributed by atoms with Gasteiger partial charge in [0.05, 0.1) is 0 Å². The Hall–Kier alpha value is -1.95. The molecular weight excluding hydrogens is 234 g/mol. The maximum absolute atomic E-state index is 7.50. The first-order valence-electron chi connectivity index (χ1n) is 4.93. The summed E-state index contributed by atoms with van der Waals surface area (Å²) in [6.07, 6.45) is 3.14. The first kappa shape index (κ1) is 11.5. The van der Waals surface area contributed by atoms with Crippen molar-refractivity contribution in [2.24, 2.45) is 5.73 Å². The molecule has 0 atom stereocenters. The molecule has 0 aliphatic carbocycles. The monoisotopic (exact) mass is 245 g/mol. The fourth-order valence-corrected chi connectivity index (χ4v) is 2.16. The number of nitrogens with two attached hydrogens (primary N) is 1. The lowest BCUT2D eigenvalue weighted by atomic mass is 10.2. The fourth-order valence-electron chi connectivity index (χ4n) is 1.25. The maximum Gasteiger partial charge on any atom is 0.125 e.